The van der Waals surface area contributed by atoms with E-state index in [1.54, 1.807) is 49.2 Å². The number of piperidine rings is 1. The molecule has 5 aliphatic rings. The highest BCUT2D eigenvalue weighted by Gasteiger charge is 2.51. The van der Waals surface area contributed by atoms with Crippen LogP contribution in [0.4, 0.5) is 42.0 Å². The molecule has 10 rings (SSSR count). The SMILES string of the molecule is Cn1nc(C2CCC(=O)NC2=O)c2cc(F)c(NC3CCC4(CC3)CN(c3ncc(Cl)c(Nc5ccc6c(c5)c5c(c(=O)n6C)OCC(F)(F)[C@H](C6CC6)N5)n3)C4)cc21. The zero-order valence-electron chi connectivity index (χ0n) is 32.4. The lowest BCUT2D eigenvalue weighted by Crippen LogP contribution is -2.59. The van der Waals surface area contributed by atoms with Crippen LogP contribution < -0.4 is 36.5 Å². The third-order valence-corrected chi connectivity index (χ3v) is 13.2. The van der Waals surface area contributed by atoms with Gasteiger partial charge in [-0.3, -0.25) is 24.4 Å². The number of aryl methyl sites for hydroxylation is 2. The Kier molecular flexibility index (Phi) is 8.78. The van der Waals surface area contributed by atoms with Gasteiger partial charge in [-0.05, 0) is 81.2 Å². The molecule has 308 valence electrons. The van der Waals surface area contributed by atoms with Crippen LogP contribution in [0.1, 0.15) is 63.0 Å². The van der Waals surface area contributed by atoms with E-state index in [9.17, 15) is 14.4 Å². The van der Waals surface area contributed by atoms with E-state index in [4.69, 9.17) is 21.3 Å². The summed E-state index contributed by atoms with van der Waals surface area (Å²) in [6.45, 7) is 0.643. The fourth-order valence-electron chi connectivity index (χ4n) is 9.46. The molecule has 59 heavy (non-hydrogen) atoms. The van der Waals surface area contributed by atoms with Gasteiger partial charge in [0, 0.05) is 61.5 Å². The van der Waals surface area contributed by atoms with Gasteiger partial charge in [0.05, 0.1) is 46.3 Å². The second-order valence-electron chi connectivity index (χ2n) is 16.9. The molecule has 0 radical (unpaired) electrons. The molecule has 4 fully saturated rings. The molecule has 2 aliphatic carbocycles. The number of carbonyl (C=O) groups is 2. The van der Waals surface area contributed by atoms with Crippen LogP contribution in [0.3, 0.4) is 0 Å². The topological polar surface area (TPSA) is 160 Å². The first kappa shape index (κ1) is 37.7. The summed E-state index contributed by atoms with van der Waals surface area (Å²) in [5, 5.41) is 18.0. The molecule has 1 unspecified atom stereocenters. The average Bonchev–Trinajstić information content (AvgIpc) is 4.00. The zero-order chi connectivity index (χ0) is 41.0. The first-order chi connectivity index (χ1) is 28.3. The van der Waals surface area contributed by atoms with E-state index in [1.807, 2.05) is 0 Å². The Morgan fingerprint density at radius 1 is 0.983 bits per heavy atom. The minimum Gasteiger partial charge on any atom is -0.480 e. The number of nitrogens with one attached hydrogen (secondary N) is 4. The standard InChI is InChI=1S/C41H42ClF3N10O4/c1-53-29-7-5-22(13-24(29)33-34(38(53)58)59-19-41(44,45)35(50-33)20-3-4-20)48-36-26(42)16-46-39(51-36)55-17-40(18-55)11-9-21(10-12-40)47-28-15-30-25(14-27(28)43)32(52-54(30)2)23-6-8-31(56)49-37(23)57/h5,7,13-16,20-21,23,35,47,50H,3-4,6,8-12,17-19H2,1-2H3,(H,46,48,51)(H,49,56,57)/t23?,35-/m0/s1. The number of benzene rings is 2. The third kappa shape index (κ3) is 6.57. The largest absolute Gasteiger partial charge is 0.480 e. The number of alkyl halides is 2. The van der Waals surface area contributed by atoms with Crippen molar-refractivity contribution < 1.29 is 27.5 Å². The highest BCUT2D eigenvalue weighted by molar-refractivity contribution is 6.33. The van der Waals surface area contributed by atoms with E-state index in [0.29, 0.717) is 74.9 Å². The summed E-state index contributed by atoms with van der Waals surface area (Å²) in [4.78, 5) is 48.9. The van der Waals surface area contributed by atoms with Gasteiger partial charge in [0.2, 0.25) is 23.5 Å². The van der Waals surface area contributed by atoms with Gasteiger partial charge in [-0.2, -0.15) is 10.1 Å². The van der Waals surface area contributed by atoms with Crippen LogP contribution >= 0.6 is 11.6 Å². The lowest BCUT2D eigenvalue weighted by Gasteiger charge is -2.53. The van der Waals surface area contributed by atoms with Gasteiger partial charge in [-0.1, -0.05) is 11.6 Å². The second kappa shape index (κ2) is 13.7. The lowest BCUT2D eigenvalue weighted by atomic mass is 9.67. The number of nitrogens with zero attached hydrogens (tertiary/aromatic N) is 6. The summed E-state index contributed by atoms with van der Waals surface area (Å²) in [7, 11) is 3.35. The Morgan fingerprint density at radius 2 is 1.76 bits per heavy atom. The molecule has 0 bridgehead atoms. The first-order valence-corrected chi connectivity index (χ1v) is 20.4. The van der Waals surface area contributed by atoms with E-state index < -0.39 is 41.8 Å². The summed E-state index contributed by atoms with van der Waals surface area (Å²) in [6.07, 6.45) is 7.05. The minimum absolute atomic E-state index is 0.0734. The van der Waals surface area contributed by atoms with E-state index in [-0.39, 0.29) is 41.1 Å². The Hall–Kier alpha value is -5.58. The molecule has 2 saturated heterocycles. The zero-order valence-corrected chi connectivity index (χ0v) is 33.1. The Labute approximate surface area is 340 Å². The number of imide groups is 1. The average molecular weight is 831 g/mol. The molecule has 4 N–H and O–H groups in total. The molecule has 2 amide bonds. The number of pyridine rings is 1. The van der Waals surface area contributed by atoms with E-state index in [1.165, 1.54) is 10.6 Å². The smallest absolute Gasteiger partial charge is 0.301 e. The maximum atomic E-state index is 15.6. The van der Waals surface area contributed by atoms with E-state index >= 15 is 13.2 Å². The number of amides is 2. The van der Waals surface area contributed by atoms with Crippen LogP contribution in [-0.2, 0) is 23.7 Å². The summed E-state index contributed by atoms with van der Waals surface area (Å²) in [6, 6.07) is 7.42. The van der Waals surface area contributed by atoms with Crippen LogP contribution in [0, 0.1) is 17.2 Å². The van der Waals surface area contributed by atoms with Crippen molar-refractivity contribution in [3.8, 4) is 5.75 Å². The van der Waals surface area contributed by atoms with Crippen molar-refractivity contribution in [1.82, 2.24) is 29.6 Å². The molecule has 2 atom stereocenters. The fraction of sp³-hybridized carbons (Fsp3) is 0.463. The van der Waals surface area contributed by atoms with Crippen molar-refractivity contribution >= 4 is 74.0 Å². The van der Waals surface area contributed by atoms with Crippen molar-refractivity contribution in [3.05, 3.63) is 63.4 Å². The number of fused-ring (bicyclic) bond motifs is 4. The molecule has 3 aliphatic heterocycles. The van der Waals surface area contributed by atoms with Gasteiger partial charge in [-0.25, -0.2) is 18.2 Å². The van der Waals surface area contributed by atoms with E-state index in [0.717, 1.165) is 38.8 Å². The van der Waals surface area contributed by atoms with Crippen LogP contribution in [0.15, 0.2) is 41.3 Å². The van der Waals surface area contributed by atoms with Crippen molar-refractivity contribution in [2.45, 2.75) is 75.3 Å². The lowest BCUT2D eigenvalue weighted by molar-refractivity contribution is -0.134. The third-order valence-electron chi connectivity index (χ3n) is 12.9. The number of rotatable bonds is 7. The maximum Gasteiger partial charge on any atom is 0.301 e. The Morgan fingerprint density at radius 3 is 2.51 bits per heavy atom. The molecule has 3 aromatic heterocycles. The van der Waals surface area contributed by atoms with Crippen molar-refractivity contribution in [3.63, 3.8) is 0 Å². The maximum absolute atomic E-state index is 15.6. The molecular weight excluding hydrogens is 789 g/mol. The molecule has 5 aromatic rings. The van der Waals surface area contributed by atoms with Crippen LogP contribution in [-0.4, -0.2) is 73.8 Å². The number of aromatic nitrogens is 5. The number of hydrogen-bond acceptors (Lipinski definition) is 11. The minimum atomic E-state index is -3.15. The van der Waals surface area contributed by atoms with Gasteiger partial charge in [0.15, 0.2) is 12.4 Å². The number of halogens is 4. The number of hydrogen-bond donors (Lipinski definition) is 4. The normalized spacial score (nSPS) is 22.6. The fourth-order valence-corrected chi connectivity index (χ4v) is 9.60. The van der Waals surface area contributed by atoms with Gasteiger partial charge in [0.25, 0.3) is 5.56 Å². The Bertz CT molecular complexity index is 2630. The molecule has 18 heteroatoms. The summed E-state index contributed by atoms with van der Waals surface area (Å²) >= 11 is 6.60. The highest BCUT2D eigenvalue weighted by Crippen LogP contribution is 2.48. The Balaban J connectivity index is 0.809. The van der Waals surface area contributed by atoms with Gasteiger partial charge in [-0.15, -0.1) is 0 Å². The number of anilines is 5. The molecule has 14 nitrogen and oxygen atoms in total. The van der Waals surface area contributed by atoms with Crippen molar-refractivity contribution in [2.24, 2.45) is 25.4 Å². The molecule has 6 heterocycles. The number of ether oxygens (including phenoxy) is 1. The number of carbonyl (C=O) groups excluding carboxylic acids is 2. The van der Waals surface area contributed by atoms with E-state index in [2.05, 4.69) is 36.2 Å². The van der Waals surface area contributed by atoms with Crippen LogP contribution in [0.25, 0.3) is 21.8 Å². The molecular formula is C41H42ClF3N10O4. The van der Waals surface area contributed by atoms with Crippen molar-refractivity contribution in [2.75, 3.05) is 40.5 Å². The summed E-state index contributed by atoms with van der Waals surface area (Å²) in [5.41, 5.74) is 2.55. The van der Waals surface area contributed by atoms with Gasteiger partial charge >= 0.3 is 5.92 Å². The molecule has 1 spiro atoms. The van der Waals surface area contributed by atoms with Crippen LogP contribution in [0.5, 0.6) is 5.75 Å². The predicted octanol–water partition coefficient (Wildman–Crippen LogP) is 6.35. The predicted molar refractivity (Wildman–Crippen MR) is 216 cm³/mol. The first-order valence-electron chi connectivity index (χ1n) is 20.0. The summed E-state index contributed by atoms with van der Waals surface area (Å²) < 4.78 is 54.4. The van der Waals surface area contributed by atoms with Crippen molar-refractivity contribution in [1.29, 1.82) is 0 Å². The van der Waals surface area contributed by atoms with Gasteiger partial charge in [0.1, 0.15) is 10.8 Å². The highest BCUT2D eigenvalue weighted by atomic mass is 35.5. The summed E-state index contributed by atoms with van der Waals surface area (Å²) in [5.74, 6) is -4.32. The molecule has 2 saturated carbocycles. The van der Waals surface area contributed by atoms with Crippen LogP contribution in [0.2, 0.25) is 5.02 Å². The quantitative estimate of drug-likeness (QED) is 0.135. The monoisotopic (exact) mass is 830 g/mol. The molecule has 2 aromatic carbocycles. The van der Waals surface area contributed by atoms with Gasteiger partial charge < -0.3 is 30.2 Å². The second-order valence-corrected chi connectivity index (χ2v) is 17.3.